The highest BCUT2D eigenvalue weighted by molar-refractivity contribution is 7.99. The fourth-order valence-corrected chi connectivity index (χ4v) is 3.18. The molecule has 0 radical (unpaired) electrons. The molecule has 0 aliphatic carbocycles. The lowest BCUT2D eigenvalue weighted by molar-refractivity contribution is -0.120. The van der Waals surface area contributed by atoms with Crippen molar-refractivity contribution in [3.8, 4) is 10.8 Å². The van der Waals surface area contributed by atoms with Crippen LogP contribution in [0.2, 0.25) is 0 Å². The van der Waals surface area contributed by atoms with Crippen LogP contribution in [0.4, 0.5) is 0 Å². The highest BCUT2D eigenvalue weighted by atomic mass is 32.2. The molecule has 2 aromatic rings. The zero-order valence-electron chi connectivity index (χ0n) is 11.2. The van der Waals surface area contributed by atoms with Crippen LogP contribution >= 0.6 is 23.1 Å². The Hall–Kier alpha value is -1.53. The van der Waals surface area contributed by atoms with Crippen LogP contribution in [0.15, 0.2) is 40.8 Å². The first-order valence-electron chi connectivity index (χ1n) is 6.19. The van der Waals surface area contributed by atoms with Gasteiger partial charge in [-0.3, -0.25) is 4.79 Å². The Kier molecular flexibility index (Phi) is 5.43. The molecule has 20 heavy (non-hydrogen) atoms. The van der Waals surface area contributed by atoms with Gasteiger partial charge in [-0.15, -0.1) is 29.7 Å². The van der Waals surface area contributed by atoms with Crippen molar-refractivity contribution < 1.29 is 9.21 Å². The van der Waals surface area contributed by atoms with E-state index >= 15 is 0 Å². The summed E-state index contributed by atoms with van der Waals surface area (Å²) in [5, 5.41) is 5.55. The number of amides is 1. The molecule has 106 valence electrons. The van der Waals surface area contributed by atoms with Crippen LogP contribution in [-0.4, -0.2) is 22.7 Å². The number of rotatable bonds is 7. The number of nitrogens with zero attached hydrogens (tertiary/aromatic N) is 1. The molecule has 2 aromatic heterocycles. The predicted molar refractivity (Wildman–Crippen MR) is 83.8 cm³/mol. The van der Waals surface area contributed by atoms with Crippen LogP contribution in [-0.2, 0) is 10.5 Å². The first kappa shape index (κ1) is 14.9. The second kappa shape index (κ2) is 7.31. The topological polar surface area (TPSA) is 55.1 Å². The third-order valence-corrected chi connectivity index (χ3v) is 4.64. The number of carbonyl (C=O) groups excluding carboxylic acids is 1. The van der Waals surface area contributed by atoms with E-state index < -0.39 is 0 Å². The van der Waals surface area contributed by atoms with Gasteiger partial charge in [-0.2, -0.15) is 0 Å². The maximum Gasteiger partial charge on any atom is 0.233 e. The minimum absolute atomic E-state index is 0.0244. The summed E-state index contributed by atoms with van der Waals surface area (Å²) in [6.07, 6.45) is 3.31. The highest BCUT2D eigenvalue weighted by Crippen LogP contribution is 2.26. The molecule has 1 amide bonds. The standard InChI is InChI=1S/C14H16N2O2S2/c1-3-6-15-13(17)10(2)19-8-11-9-20-14(16-11)12-5-4-7-18-12/h3-5,7,9-10H,1,6,8H2,2H3,(H,15,17)/t10-/m1/s1. The maximum absolute atomic E-state index is 11.7. The summed E-state index contributed by atoms with van der Waals surface area (Å²) in [4.78, 5) is 16.2. The molecular formula is C14H16N2O2S2. The Labute approximate surface area is 126 Å². The molecule has 4 nitrogen and oxygen atoms in total. The minimum atomic E-state index is -0.108. The van der Waals surface area contributed by atoms with Crippen molar-refractivity contribution >= 4 is 29.0 Å². The summed E-state index contributed by atoms with van der Waals surface area (Å²) in [7, 11) is 0. The number of aromatic nitrogens is 1. The molecule has 2 rings (SSSR count). The second-order valence-corrected chi connectivity index (χ2v) is 6.30. The Morgan fingerprint density at radius 3 is 3.25 bits per heavy atom. The summed E-state index contributed by atoms with van der Waals surface area (Å²) in [6.45, 7) is 5.97. The largest absolute Gasteiger partial charge is 0.462 e. The predicted octanol–water partition coefficient (Wildman–Crippen LogP) is 3.33. The van der Waals surface area contributed by atoms with E-state index in [9.17, 15) is 4.79 Å². The van der Waals surface area contributed by atoms with E-state index in [0.29, 0.717) is 12.3 Å². The average Bonchev–Trinajstić information content (AvgIpc) is 3.12. The lowest BCUT2D eigenvalue weighted by Crippen LogP contribution is -2.30. The minimum Gasteiger partial charge on any atom is -0.462 e. The van der Waals surface area contributed by atoms with Gasteiger partial charge in [0, 0.05) is 17.7 Å². The molecule has 0 spiro atoms. The molecule has 2 heterocycles. The van der Waals surface area contributed by atoms with Gasteiger partial charge in [0.1, 0.15) is 0 Å². The number of thiazole rings is 1. The smallest absolute Gasteiger partial charge is 0.233 e. The Bertz CT molecular complexity index is 564. The number of thioether (sulfide) groups is 1. The summed E-state index contributed by atoms with van der Waals surface area (Å²) in [5.74, 6) is 1.51. The molecule has 0 saturated heterocycles. The van der Waals surface area contributed by atoms with Crippen molar-refractivity contribution in [2.45, 2.75) is 17.9 Å². The Morgan fingerprint density at radius 1 is 1.70 bits per heavy atom. The Morgan fingerprint density at radius 2 is 2.55 bits per heavy atom. The normalized spacial score (nSPS) is 12.1. The lowest BCUT2D eigenvalue weighted by Gasteiger charge is -2.09. The number of hydrogen-bond donors (Lipinski definition) is 1. The van der Waals surface area contributed by atoms with Crippen LogP contribution in [0, 0.1) is 0 Å². The maximum atomic E-state index is 11.7. The van der Waals surface area contributed by atoms with Crippen LogP contribution in [0.5, 0.6) is 0 Å². The van der Waals surface area contributed by atoms with E-state index in [4.69, 9.17) is 4.42 Å². The van der Waals surface area contributed by atoms with Gasteiger partial charge in [0.15, 0.2) is 10.8 Å². The third kappa shape index (κ3) is 3.98. The first-order chi connectivity index (χ1) is 9.70. The fraction of sp³-hybridized carbons (Fsp3) is 0.286. The van der Waals surface area contributed by atoms with Crippen LogP contribution in [0.25, 0.3) is 10.8 Å². The number of nitrogens with one attached hydrogen (secondary N) is 1. The van der Waals surface area contributed by atoms with E-state index in [1.54, 1.807) is 35.4 Å². The van der Waals surface area contributed by atoms with E-state index in [1.807, 2.05) is 24.4 Å². The molecule has 1 N–H and O–H groups in total. The number of furan rings is 1. The molecule has 0 aliphatic heterocycles. The van der Waals surface area contributed by atoms with Crippen LogP contribution in [0.1, 0.15) is 12.6 Å². The molecule has 0 fully saturated rings. The third-order valence-electron chi connectivity index (χ3n) is 2.55. The monoisotopic (exact) mass is 308 g/mol. The van der Waals surface area contributed by atoms with Gasteiger partial charge in [0.2, 0.25) is 5.91 Å². The van der Waals surface area contributed by atoms with Gasteiger partial charge in [0.25, 0.3) is 0 Å². The van der Waals surface area contributed by atoms with E-state index in [1.165, 1.54) is 0 Å². The SMILES string of the molecule is C=CCNC(=O)[C@@H](C)SCc1csc(-c2ccco2)n1. The van der Waals surface area contributed by atoms with Gasteiger partial charge < -0.3 is 9.73 Å². The van der Waals surface area contributed by atoms with Crippen molar-refractivity contribution in [1.29, 1.82) is 0 Å². The molecule has 0 bridgehead atoms. The van der Waals surface area contributed by atoms with Crippen molar-refractivity contribution in [3.05, 3.63) is 42.1 Å². The fourth-order valence-electron chi connectivity index (χ4n) is 1.49. The molecule has 0 unspecified atom stereocenters. The summed E-state index contributed by atoms with van der Waals surface area (Å²) < 4.78 is 5.31. The van der Waals surface area contributed by atoms with E-state index in [-0.39, 0.29) is 11.2 Å². The zero-order valence-corrected chi connectivity index (χ0v) is 12.8. The highest BCUT2D eigenvalue weighted by Gasteiger charge is 2.14. The van der Waals surface area contributed by atoms with Gasteiger partial charge in [-0.1, -0.05) is 6.08 Å². The Balaban J connectivity index is 1.85. The van der Waals surface area contributed by atoms with Crippen LogP contribution in [0.3, 0.4) is 0 Å². The number of carbonyl (C=O) groups is 1. The van der Waals surface area contributed by atoms with E-state index in [2.05, 4.69) is 16.9 Å². The van der Waals surface area contributed by atoms with Crippen molar-refractivity contribution in [2.75, 3.05) is 6.54 Å². The number of hydrogen-bond acceptors (Lipinski definition) is 5. The molecule has 6 heteroatoms. The quantitative estimate of drug-likeness (QED) is 0.797. The summed E-state index contributed by atoms with van der Waals surface area (Å²) in [5.41, 5.74) is 0.967. The molecule has 0 aliphatic rings. The average molecular weight is 308 g/mol. The summed E-state index contributed by atoms with van der Waals surface area (Å²) in [6, 6.07) is 3.73. The molecule has 0 saturated carbocycles. The zero-order chi connectivity index (χ0) is 14.4. The molecular weight excluding hydrogens is 292 g/mol. The van der Waals surface area contributed by atoms with Gasteiger partial charge in [-0.05, 0) is 19.1 Å². The van der Waals surface area contributed by atoms with Gasteiger partial charge >= 0.3 is 0 Å². The van der Waals surface area contributed by atoms with Crippen molar-refractivity contribution in [1.82, 2.24) is 10.3 Å². The van der Waals surface area contributed by atoms with Gasteiger partial charge in [-0.25, -0.2) is 4.98 Å². The van der Waals surface area contributed by atoms with Crippen LogP contribution < -0.4 is 5.32 Å². The lowest BCUT2D eigenvalue weighted by atomic mass is 10.4. The molecule has 1 atom stereocenters. The first-order valence-corrected chi connectivity index (χ1v) is 8.12. The van der Waals surface area contributed by atoms with Crippen molar-refractivity contribution in [2.24, 2.45) is 0 Å². The van der Waals surface area contributed by atoms with Gasteiger partial charge in [0.05, 0.1) is 17.2 Å². The van der Waals surface area contributed by atoms with E-state index in [0.717, 1.165) is 16.5 Å². The second-order valence-electron chi connectivity index (χ2n) is 4.11. The summed E-state index contributed by atoms with van der Waals surface area (Å²) >= 11 is 3.12. The molecule has 0 aromatic carbocycles. The van der Waals surface area contributed by atoms with Crippen molar-refractivity contribution in [3.63, 3.8) is 0 Å².